The Hall–Kier alpha value is -1.32. The minimum Gasteiger partial charge on any atom is -0.463 e. The Morgan fingerprint density at radius 1 is 1.33 bits per heavy atom. The van der Waals surface area contributed by atoms with Crippen LogP contribution in [-0.4, -0.2) is 17.8 Å². The summed E-state index contributed by atoms with van der Waals surface area (Å²) in [6, 6.07) is 0. The number of carbonyl (C=O) groups excluding carboxylic acids is 1. The van der Waals surface area contributed by atoms with E-state index in [0.29, 0.717) is 5.92 Å². The van der Waals surface area contributed by atoms with Gasteiger partial charge in [-0.15, -0.1) is 0 Å². The number of esters is 1. The van der Waals surface area contributed by atoms with Gasteiger partial charge in [0.15, 0.2) is 0 Å². The number of hydrogen-bond acceptors (Lipinski definition) is 4. The summed E-state index contributed by atoms with van der Waals surface area (Å²) in [4.78, 5) is 11.0. The third kappa shape index (κ3) is 2.92. The molecule has 1 aliphatic carbocycles. The first-order valence-corrected chi connectivity index (χ1v) is 6.75. The molecule has 1 aliphatic heterocycles. The Kier molecular flexibility index (Phi) is 4.04. The summed E-state index contributed by atoms with van der Waals surface area (Å²) >= 11 is 0. The molecule has 0 bridgehead atoms. The highest BCUT2D eigenvalue weighted by Crippen LogP contribution is 2.32. The average molecular weight is 250 g/mol. The maximum absolute atomic E-state index is 11.0. The van der Waals surface area contributed by atoms with Crippen LogP contribution in [0.1, 0.15) is 52.9 Å². The molecule has 100 valence electrons. The molecule has 0 spiro atoms. The van der Waals surface area contributed by atoms with Crippen molar-refractivity contribution in [3.63, 3.8) is 0 Å². The predicted octanol–water partition coefficient (Wildman–Crippen LogP) is 2.75. The molecule has 0 amide bonds. The topological polar surface area (TPSA) is 50.7 Å². The highest BCUT2D eigenvalue weighted by molar-refractivity contribution is 5.87. The molecule has 1 N–H and O–H groups in total. The Labute approximate surface area is 108 Å². The molecular weight excluding hydrogens is 228 g/mol. The summed E-state index contributed by atoms with van der Waals surface area (Å²) in [6.07, 6.45) is 5.19. The monoisotopic (exact) mass is 250 g/mol. The molecule has 0 saturated heterocycles. The summed E-state index contributed by atoms with van der Waals surface area (Å²) in [5, 5.41) is 4.36. The Bertz CT molecular complexity index is 399. The minimum absolute atomic E-state index is 0.0860. The van der Waals surface area contributed by atoms with Gasteiger partial charge < -0.3 is 4.74 Å². The van der Waals surface area contributed by atoms with Crippen molar-refractivity contribution in [2.24, 2.45) is 11.0 Å². The van der Waals surface area contributed by atoms with Gasteiger partial charge in [0.1, 0.15) is 6.10 Å². The summed E-state index contributed by atoms with van der Waals surface area (Å²) in [5.41, 5.74) is 6.90. The summed E-state index contributed by atoms with van der Waals surface area (Å²) in [7, 11) is 0. The molecule has 4 nitrogen and oxygen atoms in total. The van der Waals surface area contributed by atoms with Crippen LogP contribution in [0.25, 0.3) is 0 Å². The molecule has 18 heavy (non-hydrogen) atoms. The normalized spacial score (nSPS) is 28.5. The highest BCUT2D eigenvalue weighted by Gasteiger charge is 2.27. The van der Waals surface area contributed by atoms with Crippen LogP contribution < -0.4 is 5.43 Å². The second-order valence-corrected chi connectivity index (χ2v) is 5.27. The molecule has 1 heterocycles. The van der Waals surface area contributed by atoms with Gasteiger partial charge in [-0.1, -0.05) is 0 Å². The van der Waals surface area contributed by atoms with Crippen molar-refractivity contribution < 1.29 is 9.53 Å². The van der Waals surface area contributed by atoms with Crippen LogP contribution in [0.4, 0.5) is 0 Å². The lowest BCUT2D eigenvalue weighted by atomic mass is 9.81. The van der Waals surface area contributed by atoms with E-state index in [9.17, 15) is 4.79 Å². The van der Waals surface area contributed by atoms with E-state index < -0.39 is 0 Å². The first-order valence-electron chi connectivity index (χ1n) is 6.75. The fraction of sp³-hybridized carbons (Fsp3) is 0.714. The number of fused-ring (bicyclic) bond motifs is 1. The van der Waals surface area contributed by atoms with Crippen molar-refractivity contribution in [2.75, 3.05) is 0 Å². The lowest BCUT2D eigenvalue weighted by Crippen LogP contribution is -2.29. The number of nitrogens with one attached hydrogen (secondary N) is 1. The fourth-order valence-electron chi connectivity index (χ4n) is 2.94. The standard InChI is InChI=1S/C14H22N2O2/c1-9-13-6-4-5-12(18-11(3)17)7-8-14(13)10(2)16-15-9/h12-13,16H,4-8H2,1-3H3. The summed E-state index contributed by atoms with van der Waals surface area (Å²) in [5.74, 6) is 0.326. The number of allylic oxidation sites excluding steroid dienone is 2. The van der Waals surface area contributed by atoms with E-state index in [1.807, 2.05) is 0 Å². The zero-order chi connectivity index (χ0) is 13.1. The van der Waals surface area contributed by atoms with E-state index in [2.05, 4.69) is 24.4 Å². The molecule has 0 radical (unpaired) electrons. The minimum atomic E-state index is -0.165. The van der Waals surface area contributed by atoms with Crippen LogP contribution >= 0.6 is 0 Å². The first kappa shape index (κ1) is 13.1. The third-order valence-electron chi connectivity index (χ3n) is 3.89. The zero-order valence-electron chi connectivity index (χ0n) is 11.5. The molecule has 0 aromatic rings. The van der Waals surface area contributed by atoms with Gasteiger partial charge in [-0.25, -0.2) is 0 Å². The SMILES string of the molecule is CC(=O)OC1CCCC2C(C)=NNC(C)=C2CC1. The van der Waals surface area contributed by atoms with Gasteiger partial charge in [-0.05, 0) is 51.5 Å². The smallest absolute Gasteiger partial charge is 0.302 e. The number of hydrogen-bond donors (Lipinski definition) is 1. The second-order valence-electron chi connectivity index (χ2n) is 5.27. The second kappa shape index (κ2) is 5.55. The zero-order valence-corrected chi connectivity index (χ0v) is 11.5. The van der Waals surface area contributed by atoms with E-state index >= 15 is 0 Å². The average Bonchev–Trinajstić information content (AvgIpc) is 2.27. The van der Waals surface area contributed by atoms with Crippen molar-refractivity contribution in [1.29, 1.82) is 0 Å². The number of rotatable bonds is 1. The number of nitrogens with zero attached hydrogens (tertiary/aromatic N) is 1. The van der Waals surface area contributed by atoms with Crippen LogP contribution in [0.2, 0.25) is 0 Å². The maximum Gasteiger partial charge on any atom is 0.302 e. The van der Waals surface area contributed by atoms with E-state index in [1.54, 1.807) is 0 Å². The highest BCUT2D eigenvalue weighted by atomic mass is 16.5. The maximum atomic E-state index is 11.0. The van der Waals surface area contributed by atoms with Gasteiger partial charge >= 0.3 is 5.97 Å². The fourth-order valence-corrected chi connectivity index (χ4v) is 2.94. The van der Waals surface area contributed by atoms with E-state index in [-0.39, 0.29) is 12.1 Å². The molecule has 4 heteroatoms. The van der Waals surface area contributed by atoms with Crippen molar-refractivity contribution >= 4 is 11.7 Å². The Balaban J connectivity index is 2.07. The quantitative estimate of drug-likeness (QED) is 0.728. The van der Waals surface area contributed by atoms with Crippen molar-refractivity contribution in [2.45, 2.75) is 59.0 Å². The molecule has 0 aromatic heterocycles. The van der Waals surface area contributed by atoms with Crippen LogP contribution in [0, 0.1) is 5.92 Å². The van der Waals surface area contributed by atoms with Crippen molar-refractivity contribution in [3.05, 3.63) is 11.3 Å². The molecule has 2 unspecified atom stereocenters. The summed E-state index contributed by atoms with van der Waals surface area (Å²) < 4.78 is 5.36. The van der Waals surface area contributed by atoms with Gasteiger partial charge in [0.05, 0.1) is 0 Å². The van der Waals surface area contributed by atoms with Crippen LogP contribution in [-0.2, 0) is 9.53 Å². The molecule has 2 atom stereocenters. The van der Waals surface area contributed by atoms with Crippen LogP contribution in [0.5, 0.6) is 0 Å². The third-order valence-corrected chi connectivity index (χ3v) is 3.89. The van der Waals surface area contributed by atoms with Crippen LogP contribution in [0.15, 0.2) is 16.4 Å². The molecule has 2 rings (SSSR count). The lowest BCUT2D eigenvalue weighted by Gasteiger charge is -2.30. The molecule has 2 aliphatic rings. The van der Waals surface area contributed by atoms with Crippen molar-refractivity contribution in [1.82, 2.24) is 5.43 Å². The molecule has 1 fully saturated rings. The Morgan fingerprint density at radius 3 is 2.83 bits per heavy atom. The predicted molar refractivity (Wildman–Crippen MR) is 71.1 cm³/mol. The van der Waals surface area contributed by atoms with Gasteiger partial charge in [0.2, 0.25) is 0 Å². The van der Waals surface area contributed by atoms with E-state index in [1.165, 1.54) is 23.9 Å². The number of hydrazone groups is 1. The summed E-state index contributed by atoms with van der Waals surface area (Å²) in [6.45, 7) is 5.67. The van der Waals surface area contributed by atoms with Gasteiger partial charge in [0.25, 0.3) is 0 Å². The Morgan fingerprint density at radius 2 is 2.11 bits per heavy atom. The molecule has 0 aromatic carbocycles. The number of carbonyl (C=O) groups is 1. The molecule has 1 saturated carbocycles. The van der Waals surface area contributed by atoms with Crippen LogP contribution in [0.3, 0.4) is 0 Å². The largest absolute Gasteiger partial charge is 0.463 e. The van der Waals surface area contributed by atoms with Gasteiger partial charge in [0, 0.05) is 24.3 Å². The first-order chi connectivity index (χ1) is 8.58. The van der Waals surface area contributed by atoms with Gasteiger partial charge in [-0.3, -0.25) is 10.2 Å². The van der Waals surface area contributed by atoms with Gasteiger partial charge in [-0.2, -0.15) is 5.10 Å². The number of ether oxygens (including phenoxy) is 1. The van der Waals surface area contributed by atoms with E-state index in [0.717, 1.165) is 32.1 Å². The van der Waals surface area contributed by atoms with E-state index in [4.69, 9.17) is 4.74 Å². The van der Waals surface area contributed by atoms with Crippen molar-refractivity contribution in [3.8, 4) is 0 Å². The molecular formula is C14H22N2O2. The lowest BCUT2D eigenvalue weighted by molar-refractivity contribution is -0.147.